The molecule has 2 aromatic heterocycles. The normalized spacial score (nSPS) is 12.0. The van der Waals surface area contributed by atoms with Gasteiger partial charge in [-0.3, -0.25) is 9.78 Å². The molecule has 0 radical (unpaired) electrons. The largest absolute Gasteiger partial charge is 0.417 e. The molecule has 0 saturated heterocycles. The molecule has 0 bridgehead atoms. The van der Waals surface area contributed by atoms with Crippen molar-refractivity contribution in [3.8, 4) is 0 Å². The third-order valence-electron chi connectivity index (χ3n) is 3.76. The minimum absolute atomic E-state index is 0.0494. The van der Waals surface area contributed by atoms with E-state index in [0.717, 1.165) is 22.3 Å². The molecule has 1 atom stereocenters. The monoisotopic (exact) mass is 322 g/mol. The Bertz CT molecular complexity index is 858. The fourth-order valence-electron chi connectivity index (χ4n) is 2.54. The van der Waals surface area contributed by atoms with Crippen molar-refractivity contribution >= 4 is 5.91 Å². The lowest BCUT2D eigenvalue weighted by molar-refractivity contribution is 0.0906. The van der Waals surface area contributed by atoms with Gasteiger partial charge < -0.3 is 9.73 Å². The van der Waals surface area contributed by atoms with E-state index in [9.17, 15) is 4.79 Å². The number of hydrogen-bond donors (Lipinski definition) is 1. The minimum atomic E-state index is -0.412. The fraction of sp³-hybridized carbons (Fsp3) is 0.222. The van der Waals surface area contributed by atoms with Crippen LogP contribution >= 0.6 is 0 Å². The molecule has 0 unspecified atom stereocenters. The summed E-state index contributed by atoms with van der Waals surface area (Å²) in [5.41, 5.74) is 4.09. The number of carbonyl (C=O) groups excluding carboxylic acids is 1. The van der Waals surface area contributed by atoms with Crippen LogP contribution < -0.4 is 5.32 Å². The summed E-state index contributed by atoms with van der Waals surface area (Å²) in [6.07, 6.45) is 3.44. The lowest BCUT2D eigenvalue weighted by atomic mass is 9.94. The number of rotatable bonds is 4. The van der Waals surface area contributed by atoms with Gasteiger partial charge in [-0.05, 0) is 36.6 Å². The average molecular weight is 322 g/mol. The zero-order valence-electron chi connectivity index (χ0n) is 13.8. The van der Waals surface area contributed by atoms with Crippen LogP contribution in [0.3, 0.4) is 0 Å². The van der Waals surface area contributed by atoms with E-state index in [4.69, 9.17) is 4.42 Å². The van der Waals surface area contributed by atoms with Crippen LogP contribution in [0.25, 0.3) is 0 Å². The fourth-order valence-corrected chi connectivity index (χ4v) is 2.54. The summed E-state index contributed by atoms with van der Waals surface area (Å²) in [7, 11) is 0. The van der Waals surface area contributed by atoms with E-state index in [1.165, 1.54) is 0 Å². The highest BCUT2D eigenvalue weighted by atomic mass is 16.4. The maximum Gasteiger partial charge on any atom is 0.309 e. The molecule has 0 saturated carbocycles. The van der Waals surface area contributed by atoms with Crippen molar-refractivity contribution in [2.24, 2.45) is 0 Å². The zero-order chi connectivity index (χ0) is 17.1. The van der Waals surface area contributed by atoms with Crippen LogP contribution in [0.1, 0.15) is 44.9 Å². The molecule has 6 nitrogen and oxygen atoms in total. The number of carbonyl (C=O) groups is 1. The molecule has 0 aliphatic carbocycles. The van der Waals surface area contributed by atoms with E-state index >= 15 is 0 Å². The van der Waals surface area contributed by atoms with Gasteiger partial charge in [-0.2, -0.15) is 0 Å². The average Bonchev–Trinajstić information content (AvgIpc) is 3.02. The maximum absolute atomic E-state index is 12.5. The highest BCUT2D eigenvalue weighted by molar-refractivity contribution is 5.90. The summed E-state index contributed by atoms with van der Waals surface area (Å²) >= 11 is 0. The predicted molar refractivity (Wildman–Crippen MR) is 88.5 cm³/mol. The lowest BCUT2D eigenvalue weighted by Crippen LogP contribution is -2.30. The maximum atomic E-state index is 12.5. The van der Waals surface area contributed by atoms with Crippen molar-refractivity contribution in [3.05, 3.63) is 76.8 Å². The van der Waals surface area contributed by atoms with Gasteiger partial charge in [0.2, 0.25) is 5.89 Å². The van der Waals surface area contributed by atoms with E-state index < -0.39 is 5.91 Å². The summed E-state index contributed by atoms with van der Waals surface area (Å²) < 4.78 is 5.22. The van der Waals surface area contributed by atoms with E-state index in [1.807, 2.05) is 38.1 Å². The van der Waals surface area contributed by atoms with E-state index in [0.29, 0.717) is 5.89 Å². The third kappa shape index (κ3) is 3.32. The van der Waals surface area contributed by atoms with Crippen molar-refractivity contribution in [1.29, 1.82) is 0 Å². The Balaban J connectivity index is 1.99. The molecule has 1 aromatic carbocycles. The Morgan fingerprint density at radius 1 is 1.17 bits per heavy atom. The summed E-state index contributed by atoms with van der Waals surface area (Å²) in [5.74, 6) is -0.109. The number of nitrogens with one attached hydrogen (secondary N) is 1. The quantitative estimate of drug-likeness (QED) is 0.799. The molecule has 3 aromatic rings. The number of benzene rings is 1. The molecule has 0 fully saturated rings. The first-order valence-corrected chi connectivity index (χ1v) is 7.62. The minimum Gasteiger partial charge on any atom is -0.417 e. The molecule has 24 heavy (non-hydrogen) atoms. The van der Waals surface area contributed by atoms with Gasteiger partial charge in [-0.1, -0.05) is 29.8 Å². The van der Waals surface area contributed by atoms with Crippen molar-refractivity contribution in [2.75, 3.05) is 0 Å². The Labute approximate surface area is 140 Å². The Morgan fingerprint density at radius 2 is 2.00 bits per heavy atom. The number of aromatic nitrogens is 3. The van der Waals surface area contributed by atoms with Crippen molar-refractivity contribution in [2.45, 2.75) is 26.8 Å². The number of aryl methyl sites for hydroxylation is 3. The summed E-state index contributed by atoms with van der Waals surface area (Å²) in [4.78, 5) is 16.6. The van der Waals surface area contributed by atoms with Gasteiger partial charge in [0.05, 0.1) is 6.04 Å². The van der Waals surface area contributed by atoms with Gasteiger partial charge in [0.25, 0.3) is 0 Å². The Hall–Kier alpha value is -3.02. The van der Waals surface area contributed by atoms with Crippen LogP contribution in [0.2, 0.25) is 0 Å². The van der Waals surface area contributed by atoms with Gasteiger partial charge in [0.15, 0.2) is 0 Å². The first-order valence-electron chi connectivity index (χ1n) is 7.62. The molecule has 1 N–H and O–H groups in total. The zero-order valence-corrected chi connectivity index (χ0v) is 13.8. The second kappa shape index (κ2) is 6.62. The van der Waals surface area contributed by atoms with Gasteiger partial charge >= 0.3 is 11.8 Å². The first-order chi connectivity index (χ1) is 11.5. The Kier molecular flexibility index (Phi) is 4.37. The number of nitrogens with zero attached hydrogens (tertiary/aromatic N) is 3. The van der Waals surface area contributed by atoms with Crippen LogP contribution in [-0.2, 0) is 0 Å². The van der Waals surface area contributed by atoms with Gasteiger partial charge in [0.1, 0.15) is 0 Å². The van der Waals surface area contributed by atoms with Gasteiger partial charge in [-0.15, -0.1) is 10.2 Å². The number of hydrogen-bond acceptors (Lipinski definition) is 5. The van der Waals surface area contributed by atoms with Crippen LogP contribution in [0, 0.1) is 20.8 Å². The van der Waals surface area contributed by atoms with Crippen LogP contribution in [0.4, 0.5) is 0 Å². The SMILES string of the molecule is Cc1ccc(C)c([C@@H](NC(=O)c2nnc(C)o2)c2cccnc2)c1. The smallest absolute Gasteiger partial charge is 0.309 e. The molecule has 0 spiro atoms. The van der Waals surface area contributed by atoms with E-state index in [1.54, 1.807) is 19.3 Å². The number of pyridine rings is 1. The Morgan fingerprint density at radius 3 is 2.67 bits per heavy atom. The topological polar surface area (TPSA) is 80.9 Å². The molecule has 122 valence electrons. The van der Waals surface area contributed by atoms with E-state index in [-0.39, 0.29) is 11.9 Å². The predicted octanol–water partition coefficient (Wildman–Crippen LogP) is 2.91. The molecule has 3 rings (SSSR count). The van der Waals surface area contributed by atoms with Gasteiger partial charge in [-0.25, -0.2) is 0 Å². The molecule has 1 amide bonds. The van der Waals surface area contributed by atoms with E-state index in [2.05, 4.69) is 26.6 Å². The molecular formula is C18H18N4O2. The van der Waals surface area contributed by atoms with Crippen LogP contribution in [0.5, 0.6) is 0 Å². The molecule has 0 aliphatic heterocycles. The van der Waals surface area contributed by atoms with Crippen LogP contribution in [-0.4, -0.2) is 21.1 Å². The van der Waals surface area contributed by atoms with Crippen LogP contribution in [0.15, 0.2) is 47.1 Å². The number of amides is 1. The highest BCUT2D eigenvalue weighted by Crippen LogP contribution is 2.26. The van der Waals surface area contributed by atoms with Crippen molar-refractivity contribution in [1.82, 2.24) is 20.5 Å². The molecule has 6 heteroatoms. The first kappa shape index (κ1) is 15.9. The summed E-state index contributed by atoms with van der Waals surface area (Å²) in [5, 5.41) is 10.5. The molecule has 0 aliphatic rings. The second-order valence-corrected chi connectivity index (χ2v) is 5.68. The molecular weight excluding hydrogens is 304 g/mol. The van der Waals surface area contributed by atoms with Gasteiger partial charge in [0, 0.05) is 19.3 Å². The third-order valence-corrected chi connectivity index (χ3v) is 3.76. The summed E-state index contributed by atoms with van der Waals surface area (Å²) in [6, 6.07) is 9.57. The highest BCUT2D eigenvalue weighted by Gasteiger charge is 2.22. The van der Waals surface area contributed by atoms with Crippen molar-refractivity contribution < 1.29 is 9.21 Å². The summed E-state index contributed by atoms with van der Waals surface area (Å²) in [6.45, 7) is 5.68. The molecule has 2 heterocycles. The lowest BCUT2D eigenvalue weighted by Gasteiger charge is -2.21. The van der Waals surface area contributed by atoms with Crippen molar-refractivity contribution in [3.63, 3.8) is 0 Å². The second-order valence-electron chi connectivity index (χ2n) is 5.68. The standard InChI is InChI=1S/C18H18N4O2/c1-11-6-7-12(2)15(9-11)16(14-5-4-8-19-10-14)20-17(23)18-22-21-13(3)24-18/h4-10,16H,1-3H3,(H,20,23)/t16-/m0/s1.